The maximum Gasteiger partial charge on any atom is 0.342 e. The fourth-order valence-electron chi connectivity index (χ4n) is 2.79. The highest BCUT2D eigenvalue weighted by atomic mass is 16.5. The van der Waals surface area contributed by atoms with Gasteiger partial charge in [-0.05, 0) is 38.0 Å². The van der Waals surface area contributed by atoms with Crippen LogP contribution in [-0.4, -0.2) is 22.5 Å². The summed E-state index contributed by atoms with van der Waals surface area (Å²) in [4.78, 5) is 20.8. The highest BCUT2D eigenvalue weighted by molar-refractivity contribution is 6.07. The second kappa shape index (κ2) is 7.43. The van der Waals surface area contributed by atoms with E-state index in [0.29, 0.717) is 23.5 Å². The highest BCUT2D eigenvalue weighted by Gasteiger charge is 2.23. The van der Waals surface area contributed by atoms with Gasteiger partial charge in [-0.25, -0.2) is 9.78 Å². The number of benzene rings is 1. The van der Waals surface area contributed by atoms with E-state index in [2.05, 4.69) is 34.3 Å². The van der Waals surface area contributed by atoms with Crippen LogP contribution in [0.1, 0.15) is 41.4 Å². The highest BCUT2D eigenvalue weighted by Crippen LogP contribution is 2.29. The van der Waals surface area contributed by atoms with Crippen molar-refractivity contribution in [1.82, 2.24) is 9.97 Å². The van der Waals surface area contributed by atoms with Crippen molar-refractivity contribution in [3.05, 3.63) is 47.0 Å². The number of anilines is 2. The van der Waals surface area contributed by atoms with Crippen LogP contribution in [0.15, 0.2) is 28.7 Å². The molecule has 2 aromatic heterocycles. The van der Waals surface area contributed by atoms with Crippen molar-refractivity contribution in [2.75, 3.05) is 17.7 Å². The normalized spacial score (nSPS) is 10.9. The second-order valence-electron chi connectivity index (χ2n) is 5.87. The average Bonchev–Trinajstić information content (AvgIpc) is 2.97. The molecule has 3 rings (SSSR count). The van der Waals surface area contributed by atoms with Crippen molar-refractivity contribution in [1.29, 1.82) is 0 Å². The molecule has 7 nitrogen and oxygen atoms in total. The van der Waals surface area contributed by atoms with Gasteiger partial charge in [0.1, 0.15) is 17.1 Å². The summed E-state index contributed by atoms with van der Waals surface area (Å²) in [6.45, 7) is 6.19. The molecule has 1 aromatic carbocycles. The molecule has 0 saturated heterocycles. The van der Waals surface area contributed by atoms with Gasteiger partial charge in [-0.2, -0.15) is 4.98 Å². The molecule has 0 fully saturated rings. The molecule has 0 spiro atoms. The van der Waals surface area contributed by atoms with Crippen molar-refractivity contribution in [3.63, 3.8) is 0 Å². The molecule has 2 heterocycles. The summed E-state index contributed by atoms with van der Waals surface area (Å²) in [7, 11) is 0. The van der Waals surface area contributed by atoms with Crippen molar-refractivity contribution in [2.24, 2.45) is 0 Å². The molecule has 0 aliphatic carbocycles. The minimum absolute atomic E-state index is 0.203. The van der Waals surface area contributed by atoms with Crippen molar-refractivity contribution >= 4 is 28.6 Å². The van der Waals surface area contributed by atoms with Gasteiger partial charge in [0.25, 0.3) is 0 Å². The number of nitrogens with zero attached hydrogens (tertiary/aromatic N) is 2. The summed E-state index contributed by atoms with van der Waals surface area (Å²) >= 11 is 0. The summed E-state index contributed by atoms with van der Waals surface area (Å²) in [6.07, 6.45) is 0.966. The van der Waals surface area contributed by atoms with E-state index in [1.807, 2.05) is 12.1 Å². The second-order valence-corrected chi connectivity index (χ2v) is 5.87. The number of nitrogens with one attached hydrogen (secondary N) is 1. The fourth-order valence-corrected chi connectivity index (χ4v) is 2.79. The van der Waals surface area contributed by atoms with E-state index in [1.165, 1.54) is 5.56 Å². The van der Waals surface area contributed by atoms with Gasteiger partial charge in [0, 0.05) is 5.69 Å². The number of ether oxygens (including phenoxy) is 1. The number of nitrogen functional groups attached to an aromatic ring is 1. The molecular weight excluding hydrogens is 332 g/mol. The van der Waals surface area contributed by atoms with Crippen LogP contribution in [0.2, 0.25) is 0 Å². The van der Waals surface area contributed by atoms with Gasteiger partial charge in [0.05, 0.1) is 18.5 Å². The van der Waals surface area contributed by atoms with Gasteiger partial charge in [-0.1, -0.05) is 19.1 Å². The van der Waals surface area contributed by atoms with Crippen molar-refractivity contribution in [3.8, 4) is 0 Å². The minimum Gasteiger partial charge on any atom is -0.462 e. The minimum atomic E-state index is -0.485. The first kappa shape index (κ1) is 17.7. The molecular formula is C19H22N4O3. The van der Waals surface area contributed by atoms with Crippen molar-refractivity contribution in [2.45, 2.75) is 33.7 Å². The third-order valence-corrected chi connectivity index (χ3v) is 4.07. The first-order chi connectivity index (χ1) is 12.5. The van der Waals surface area contributed by atoms with Gasteiger partial charge >= 0.3 is 5.97 Å². The Labute approximate surface area is 151 Å². The van der Waals surface area contributed by atoms with Gasteiger partial charge in [-0.15, -0.1) is 0 Å². The molecule has 0 aliphatic rings. The number of hydrogen-bond acceptors (Lipinski definition) is 7. The van der Waals surface area contributed by atoms with Gasteiger partial charge in [-0.3, -0.25) is 0 Å². The molecule has 0 unspecified atom stereocenters. The van der Waals surface area contributed by atoms with Gasteiger partial charge in [0.15, 0.2) is 5.82 Å². The van der Waals surface area contributed by atoms with E-state index in [4.69, 9.17) is 14.9 Å². The zero-order valence-corrected chi connectivity index (χ0v) is 15.1. The first-order valence-corrected chi connectivity index (χ1v) is 8.58. The topological polar surface area (TPSA) is 103 Å². The lowest BCUT2D eigenvalue weighted by Crippen LogP contribution is -2.09. The van der Waals surface area contributed by atoms with E-state index >= 15 is 0 Å². The molecule has 0 saturated carbocycles. The van der Waals surface area contributed by atoms with Crippen LogP contribution < -0.4 is 11.1 Å². The van der Waals surface area contributed by atoms with Crippen LogP contribution in [0.5, 0.6) is 0 Å². The molecule has 26 heavy (non-hydrogen) atoms. The number of hydrogen-bond donors (Lipinski definition) is 2. The predicted molar refractivity (Wildman–Crippen MR) is 100 cm³/mol. The Morgan fingerprint density at radius 1 is 1.31 bits per heavy atom. The molecule has 7 heteroatoms. The standard InChI is InChI=1S/C19H22N4O3/c1-4-12-7-6-8-13(9-12)21-10-14-22-17(20)16-15(19(24)25-5-2)11(3)26-18(16)23-14/h6-9,21H,4-5,10H2,1-3H3,(H2,20,22,23). The van der Waals surface area contributed by atoms with Gasteiger partial charge < -0.3 is 20.2 Å². The number of esters is 1. The molecule has 136 valence electrons. The number of carbonyl (C=O) groups excluding carboxylic acids is 1. The summed E-state index contributed by atoms with van der Waals surface area (Å²) in [5.74, 6) is 0.622. The lowest BCUT2D eigenvalue weighted by atomic mass is 10.1. The smallest absolute Gasteiger partial charge is 0.342 e. The zero-order chi connectivity index (χ0) is 18.7. The number of nitrogens with two attached hydrogens (primary N) is 1. The number of aryl methyl sites for hydroxylation is 2. The van der Waals surface area contributed by atoms with Crippen LogP contribution in [-0.2, 0) is 17.7 Å². The number of aromatic nitrogens is 2. The quantitative estimate of drug-likeness (QED) is 0.653. The lowest BCUT2D eigenvalue weighted by molar-refractivity contribution is 0.0526. The molecule has 0 radical (unpaired) electrons. The van der Waals surface area contributed by atoms with Crippen LogP contribution in [0.3, 0.4) is 0 Å². The first-order valence-electron chi connectivity index (χ1n) is 8.58. The Kier molecular flexibility index (Phi) is 5.06. The van der Waals surface area contributed by atoms with E-state index in [0.717, 1.165) is 12.1 Å². The number of furan rings is 1. The van der Waals surface area contributed by atoms with Crippen LogP contribution in [0, 0.1) is 6.92 Å². The van der Waals surface area contributed by atoms with Crippen molar-refractivity contribution < 1.29 is 13.9 Å². The van der Waals surface area contributed by atoms with Crippen LogP contribution >= 0.6 is 0 Å². The maximum absolute atomic E-state index is 12.1. The summed E-state index contributed by atoms with van der Waals surface area (Å²) in [5.41, 5.74) is 8.87. The van der Waals surface area contributed by atoms with Crippen LogP contribution in [0.25, 0.3) is 11.1 Å². The molecule has 0 atom stereocenters. The fraction of sp³-hybridized carbons (Fsp3) is 0.316. The van der Waals surface area contributed by atoms with Crippen LogP contribution in [0.4, 0.5) is 11.5 Å². The number of fused-ring (bicyclic) bond motifs is 1. The molecule has 3 aromatic rings. The number of carbonyl (C=O) groups is 1. The zero-order valence-electron chi connectivity index (χ0n) is 15.1. The molecule has 0 amide bonds. The van der Waals surface area contributed by atoms with E-state index < -0.39 is 5.97 Å². The number of rotatable bonds is 6. The lowest BCUT2D eigenvalue weighted by Gasteiger charge is -2.08. The predicted octanol–water partition coefficient (Wildman–Crippen LogP) is 3.46. The monoisotopic (exact) mass is 354 g/mol. The Balaban J connectivity index is 1.88. The van der Waals surface area contributed by atoms with E-state index in [1.54, 1.807) is 13.8 Å². The molecule has 0 aliphatic heterocycles. The summed E-state index contributed by atoms with van der Waals surface area (Å²) < 4.78 is 10.7. The third-order valence-electron chi connectivity index (χ3n) is 4.07. The average molecular weight is 354 g/mol. The summed E-state index contributed by atoms with van der Waals surface area (Å²) in [5, 5.41) is 3.68. The Morgan fingerprint density at radius 2 is 2.12 bits per heavy atom. The molecule has 0 bridgehead atoms. The Hall–Kier alpha value is -3.09. The van der Waals surface area contributed by atoms with Gasteiger partial charge in [0.2, 0.25) is 5.71 Å². The van der Waals surface area contributed by atoms with E-state index in [9.17, 15) is 4.79 Å². The molecule has 3 N–H and O–H groups in total. The van der Waals surface area contributed by atoms with E-state index in [-0.39, 0.29) is 23.7 Å². The Morgan fingerprint density at radius 3 is 2.85 bits per heavy atom. The Bertz CT molecular complexity index is 949. The third kappa shape index (κ3) is 3.46. The maximum atomic E-state index is 12.1. The summed E-state index contributed by atoms with van der Waals surface area (Å²) in [6, 6.07) is 8.14. The largest absolute Gasteiger partial charge is 0.462 e. The SMILES string of the molecule is CCOC(=O)c1c(C)oc2nc(CNc3cccc(CC)c3)nc(N)c12.